The largest absolute Gasteiger partial charge is 0.385 e. The van der Waals surface area contributed by atoms with E-state index in [1.54, 1.807) is 13.2 Å². The van der Waals surface area contributed by atoms with Crippen molar-refractivity contribution < 1.29 is 19.0 Å². The highest BCUT2D eigenvalue weighted by Gasteiger charge is 2.36. The molecule has 140 valence electrons. The van der Waals surface area contributed by atoms with E-state index in [2.05, 4.69) is 5.32 Å². The summed E-state index contributed by atoms with van der Waals surface area (Å²) in [5, 5.41) is 14.7. The molecule has 1 atom stereocenters. The minimum Gasteiger partial charge on any atom is -0.385 e. The second kappa shape index (κ2) is 8.58. The minimum atomic E-state index is -0.907. The minimum absolute atomic E-state index is 0.286. The highest BCUT2D eigenvalue weighted by atomic mass is 19.1. The Hall–Kier alpha value is -1.01. The Kier molecular flexibility index (Phi) is 6.44. The molecular formula is C20H30FNO3. The maximum Gasteiger partial charge on any atom is 0.123 e. The molecule has 2 aliphatic rings. The van der Waals surface area contributed by atoms with E-state index < -0.39 is 5.60 Å². The van der Waals surface area contributed by atoms with Crippen LogP contribution in [0.3, 0.4) is 0 Å². The molecule has 0 aromatic heterocycles. The standard InChI is InChI=1S/C20H30FNO3/c1-24-14-19(15-7-11-25-12-8-15)22-18-5-9-20(23,10-6-18)16-3-2-4-17(21)13-16/h2-4,13,15,18-19,22-23H,5-12,14H2,1H3. The predicted octanol–water partition coefficient (Wildman–Crippen LogP) is 2.99. The molecule has 0 bridgehead atoms. The van der Waals surface area contributed by atoms with Crippen molar-refractivity contribution in [3.8, 4) is 0 Å². The summed E-state index contributed by atoms with van der Waals surface area (Å²) in [6.07, 6.45) is 5.22. The van der Waals surface area contributed by atoms with Crippen molar-refractivity contribution in [3.63, 3.8) is 0 Å². The smallest absolute Gasteiger partial charge is 0.123 e. The average molecular weight is 351 g/mol. The zero-order valence-electron chi connectivity index (χ0n) is 15.0. The Bertz CT molecular complexity index is 539. The molecule has 4 nitrogen and oxygen atoms in total. The Labute approximate surface area is 149 Å². The van der Waals surface area contributed by atoms with Crippen LogP contribution in [0.1, 0.15) is 44.1 Å². The maximum atomic E-state index is 13.5. The number of methoxy groups -OCH3 is 1. The van der Waals surface area contributed by atoms with Gasteiger partial charge in [0.2, 0.25) is 0 Å². The van der Waals surface area contributed by atoms with Crippen molar-refractivity contribution in [3.05, 3.63) is 35.6 Å². The summed E-state index contributed by atoms with van der Waals surface area (Å²) in [5.41, 5.74) is -0.209. The SMILES string of the molecule is COCC(NC1CCC(O)(c2cccc(F)c2)CC1)C1CCOCC1. The van der Waals surface area contributed by atoms with E-state index in [0.717, 1.165) is 38.9 Å². The Morgan fingerprint density at radius 3 is 2.64 bits per heavy atom. The van der Waals surface area contributed by atoms with Crippen LogP contribution in [-0.4, -0.2) is 44.1 Å². The fourth-order valence-corrected chi connectivity index (χ4v) is 4.25. The van der Waals surface area contributed by atoms with Gasteiger partial charge in [0, 0.05) is 32.4 Å². The summed E-state index contributed by atoms with van der Waals surface area (Å²) in [6, 6.07) is 7.09. The molecule has 2 N–H and O–H groups in total. The number of ether oxygens (including phenoxy) is 2. The van der Waals surface area contributed by atoms with Crippen LogP contribution in [0.15, 0.2) is 24.3 Å². The molecule has 1 aromatic rings. The van der Waals surface area contributed by atoms with Crippen molar-refractivity contribution in [1.82, 2.24) is 5.32 Å². The summed E-state index contributed by atoms with van der Waals surface area (Å²) >= 11 is 0. The molecule has 0 spiro atoms. The second-order valence-electron chi connectivity index (χ2n) is 7.49. The average Bonchev–Trinajstić information content (AvgIpc) is 2.64. The molecule has 25 heavy (non-hydrogen) atoms. The van der Waals surface area contributed by atoms with Gasteiger partial charge in [-0.15, -0.1) is 0 Å². The van der Waals surface area contributed by atoms with Gasteiger partial charge in [0.1, 0.15) is 5.82 Å². The van der Waals surface area contributed by atoms with Crippen LogP contribution < -0.4 is 5.32 Å². The molecule has 1 saturated carbocycles. The van der Waals surface area contributed by atoms with Gasteiger partial charge in [0.25, 0.3) is 0 Å². The highest BCUT2D eigenvalue weighted by molar-refractivity contribution is 5.24. The van der Waals surface area contributed by atoms with Gasteiger partial charge in [-0.05, 0) is 62.1 Å². The third-order valence-corrected chi connectivity index (χ3v) is 5.81. The number of hydrogen-bond donors (Lipinski definition) is 2. The van der Waals surface area contributed by atoms with Crippen LogP contribution in [-0.2, 0) is 15.1 Å². The number of hydrogen-bond acceptors (Lipinski definition) is 4. The first-order valence-electron chi connectivity index (χ1n) is 9.42. The van der Waals surface area contributed by atoms with Crippen molar-refractivity contribution in [2.75, 3.05) is 26.9 Å². The normalized spacial score (nSPS) is 29.5. The zero-order chi connectivity index (χ0) is 17.7. The summed E-state index contributed by atoms with van der Waals surface area (Å²) in [5.74, 6) is 0.295. The number of halogens is 1. The molecule has 1 heterocycles. The van der Waals surface area contributed by atoms with E-state index in [1.165, 1.54) is 12.1 Å². The van der Waals surface area contributed by atoms with Crippen LogP contribution in [0.2, 0.25) is 0 Å². The Balaban J connectivity index is 1.57. The van der Waals surface area contributed by atoms with Gasteiger partial charge in [-0.1, -0.05) is 12.1 Å². The van der Waals surface area contributed by atoms with E-state index in [-0.39, 0.29) is 5.82 Å². The third kappa shape index (κ3) is 4.79. The van der Waals surface area contributed by atoms with E-state index >= 15 is 0 Å². The molecule has 0 amide bonds. The molecule has 1 aliphatic heterocycles. The lowest BCUT2D eigenvalue weighted by Gasteiger charge is -2.40. The third-order valence-electron chi connectivity index (χ3n) is 5.81. The summed E-state index contributed by atoms with van der Waals surface area (Å²) in [7, 11) is 1.75. The number of rotatable bonds is 6. The van der Waals surface area contributed by atoms with E-state index in [9.17, 15) is 9.50 Å². The quantitative estimate of drug-likeness (QED) is 0.827. The lowest BCUT2D eigenvalue weighted by molar-refractivity contribution is -0.0148. The van der Waals surface area contributed by atoms with Crippen LogP contribution >= 0.6 is 0 Å². The van der Waals surface area contributed by atoms with E-state index in [1.807, 2.05) is 6.07 Å². The predicted molar refractivity (Wildman–Crippen MR) is 94.9 cm³/mol. The molecule has 1 aliphatic carbocycles. The van der Waals surface area contributed by atoms with Gasteiger partial charge in [-0.2, -0.15) is 0 Å². The summed E-state index contributed by atoms with van der Waals surface area (Å²) < 4.78 is 24.4. The Morgan fingerprint density at radius 2 is 2.00 bits per heavy atom. The molecular weight excluding hydrogens is 321 g/mol. The molecule has 0 radical (unpaired) electrons. The van der Waals surface area contributed by atoms with Crippen LogP contribution in [0.25, 0.3) is 0 Å². The van der Waals surface area contributed by atoms with Gasteiger partial charge < -0.3 is 19.9 Å². The van der Waals surface area contributed by atoms with Gasteiger partial charge in [0.05, 0.1) is 12.2 Å². The zero-order valence-corrected chi connectivity index (χ0v) is 15.0. The first-order chi connectivity index (χ1) is 12.1. The van der Waals surface area contributed by atoms with Gasteiger partial charge >= 0.3 is 0 Å². The first kappa shape index (κ1) is 18.8. The summed E-state index contributed by atoms with van der Waals surface area (Å²) in [6.45, 7) is 2.36. The second-order valence-corrected chi connectivity index (χ2v) is 7.49. The fourth-order valence-electron chi connectivity index (χ4n) is 4.25. The lowest BCUT2D eigenvalue weighted by atomic mass is 9.77. The Morgan fingerprint density at radius 1 is 1.28 bits per heavy atom. The van der Waals surface area contributed by atoms with Crippen LogP contribution in [0.5, 0.6) is 0 Å². The van der Waals surface area contributed by atoms with E-state index in [4.69, 9.17) is 9.47 Å². The number of nitrogens with one attached hydrogen (secondary N) is 1. The molecule has 5 heteroatoms. The van der Waals surface area contributed by atoms with Crippen molar-refractivity contribution >= 4 is 0 Å². The molecule has 1 aromatic carbocycles. The maximum absolute atomic E-state index is 13.5. The highest BCUT2D eigenvalue weighted by Crippen LogP contribution is 2.37. The van der Waals surface area contributed by atoms with Crippen molar-refractivity contribution in [1.29, 1.82) is 0 Å². The monoisotopic (exact) mass is 351 g/mol. The number of aliphatic hydroxyl groups is 1. The van der Waals surface area contributed by atoms with E-state index in [0.29, 0.717) is 43.0 Å². The van der Waals surface area contributed by atoms with Crippen LogP contribution in [0.4, 0.5) is 4.39 Å². The topological polar surface area (TPSA) is 50.7 Å². The van der Waals surface area contributed by atoms with Crippen molar-refractivity contribution in [2.24, 2.45) is 5.92 Å². The van der Waals surface area contributed by atoms with Gasteiger partial charge in [0.15, 0.2) is 0 Å². The van der Waals surface area contributed by atoms with Crippen molar-refractivity contribution in [2.45, 2.75) is 56.2 Å². The lowest BCUT2D eigenvalue weighted by Crippen LogP contribution is -2.49. The molecule has 1 saturated heterocycles. The fraction of sp³-hybridized carbons (Fsp3) is 0.700. The van der Waals surface area contributed by atoms with Crippen LogP contribution in [0, 0.1) is 11.7 Å². The molecule has 3 rings (SSSR count). The molecule has 2 fully saturated rings. The van der Waals surface area contributed by atoms with Gasteiger partial charge in [-0.3, -0.25) is 0 Å². The number of benzene rings is 1. The summed E-state index contributed by atoms with van der Waals surface area (Å²) in [4.78, 5) is 0. The molecule has 1 unspecified atom stereocenters. The van der Waals surface area contributed by atoms with Gasteiger partial charge in [-0.25, -0.2) is 4.39 Å². The first-order valence-corrected chi connectivity index (χ1v) is 9.42.